The number of benzene rings is 3. The number of fused-ring (bicyclic) bond motifs is 1. The monoisotopic (exact) mass is 591 g/mol. The molecule has 3 heterocycles. The summed E-state index contributed by atoms with van der Waals surface area (Å²) in [5.74, 6) is 0.329. The molecule has 7 rings (SSSR count). The highest BCUT2D eigenvalue weighted by Gasteiger charge is 2.25. The van der Waals surface area contributed by atoms with E-state index >= 15 is 0 Å². The molecule has 1 aliphatic carbocycles. The number of hydrogen-bond donors (Lipinski definition) is 2. The van der Waals surface area contributed by atoms with Crippen LogP contribution in [0.2, 0.25) is 5.02 Å². The number of morpholine rings is 1. The predicted octanol–water partition coefficient (Wildman–Crippen LogP) is 6.86. The molecule has 2 amide bonds. The molecule has 3 aromatic carbocycles. The number of H-pyrrole nitrogens is 1. The molecule has 1 aliphatic heterocycles. The Labute approximate surface area is 254 Å². The average Bonchev–Trinajstić information content (AvgIpc) is 3.80. The lowest BCUT2D eigenvalue weighted by Crippen LogP contribution is -2.40. The molecule has 216 valence electrons. The number of carbonyl (C=O) groups excluding carboxylic acids is 2. The first-order chi connectivity index (χ1) is 21.0. The molecule has 2 fully saturated rings. The molecule has 8 nitrogen and oxygen atoms in total. The molecular weight excluding hydrogens is 562 g/mol. The van der Waals surface area contributed by atoms with Gasteiger partial charge in [-0.15, -0.1) is 0 Å². The van der Waals surface area contributed by atoms with Crippen molar-refractivity contribution in [1.82, 2.24) is 19.9 Å². The molecule has 2 aliphatic rings. The Morgan fingerprint density at radius 2 is 1.79 bits per heavy atom. The first-order valence-corrected chi connectivity index (χ1v) is 14.9. The van der Waals surface area contributed by atoms with Crippen LogP contribution in [-0.2, 0) is 4.74 Å². The van der Waals surface area contributed by atoms with Crippen LogP contribution < -0.4 is 5.32 Å². The number of aromatic amines is 1. The van der Waals surface area contributed by atoms with Gasteiger partial charge in [0.05, 0.1) is 29.5 Å². The Bertz CT molecular complexity index is 1860. The summed E-state index contributed by atoms with van der Waals surface area (Å²) in [4.78, 5) is 40.4. The molecule has 9 heteroatoms. The van der Waals surface area contributed by atoms with Crippen molar-refractivity contribution in [3.8, 4) is 22.5 Å². The van der Waals surface area contributed by atoms with Gasteiger partial charge in [0, 0.05) is 41.0 Å². The molecule has 0 unspecified atom stereocenters. The minimum atomic E-state index is -0.250. The molecule has 1 saturated carbocycles. The lowest BCUT2D eigenvalue weighted by atomic mass is 10.0. The third kappa shape index (κ3) is 5.40. The van der Waals surface area contributed by atoms with Crippen LogP contribution in [0.25, 0.3) is 33.5 Å². The summed E-state index contributed by atoms with van der Waals surface area (Å²) in [7, 11) is 0. The summed E-state index contributed by atoms with van der Waals surface area (Å²) in [6.45, 7) is 4.32. The van der Waals surface area contributed by atoms with Gasteiger partial charge >= 0.3 is 0 Å². The van der Waals surface area contributed by atoms with E-state index in [-0.39, 0.29) is 11.8 Å². The van der Waals surface area contributed by atoms with Crippen LogP contribution in [0, 0.1) is 6.92 Å². The van der Waals surface area contributed by atoms with Crippen LogP contribution in [0.15, 0.2) is 73.1 Å². The van der Waals surface area contributed by atoms with Gasteiger partial charge in [0.2, 0.25) is 0 Å². The Kier molecular flexibility index (Phi) is 7.16. The lowest BCUT2D eigenvalue weighted by molar-refractivity contribution is 0.0303. The van der Waals surface area contributed by atoms with Gasteiger partial charge in [0.1, 0.15) is 12.0 Å². The van der Waals surface area contributed by atoms with Gasteiger partial charge in [-0.05, 0) is 78.8 Å². The fourth-order valence-electron chi connectivity index (χ4n) is 5.65. The summed E-state index contributed by atoms with van der Waals surface area (Å²) in [5, 5.41) is 4.37. The average molecular weight is 592 g/mol. The second-order valence-electron chi connectivity index (χ2n) is 11.1. The zero-order chi connectivity index (χ0) is 29.5. The molecule has 5 aromatic rings. The second kappa shape index (κ2) is 11.3. The van der Waals surface area contributed by atoms with E-state index < -0.39 is 0 Å². The van der Waals surface area contributed by atoms with Crippen molar-refractivity contribution in [3.63, 3.8) is 0 Å². The van der Waals surface area contributed by atoms with Crippen molar-refractivity contribution < 1.29 is 14.3 Å². The number of carbonyl (C=O) groups is 2. The fraction of sp³-hybridized carbons (Fsp3) is 0.235. The second-order valence-corrected chi connectivity index (χ2v) is 11.5. The van der Waals surface area contributed by atoms with Gasteiger partial charge in [0.25, 0.3) is 11.8 Å². The molecule has 0 atom stereocenters. The summed E-state index contributed by atoms with van der Waals surface area (Å²) >= 11 is 6.50. The highest BCUT2D eigenvalue weighted by molar-refractivity contribution is 6.34. The molecule has 2 aromatic heterocycles. The number of halogens is 1. The standard InChI is InChI=1S/C34H30ClN5O3/c1-20-25(3-2-4-29(20)39-33(41)26-12-11-24(17-28(26)35)21-5-6-21)31-27-18-30(38-32(27)37-19-36-31)22-7-9-23(10-8-22)34(42)40-13-15-43-16-14-40/h2-4,7-12,17-19,21H,5-6,13-16H2,1H3,(H,39,41)(H,36,37,38). The van der Waals surface area contributed by atoms with E-state index in [2.05, 4.69) is 20.3 Å². The first-order valence-electron chi connectivity index (χ1n) is 14.5. The maximum absolute atomic E-state index is 13.2. The molecule has 2 N–H and O–H groups in total. The van der Waals surface area contributed by atoms with E-state index in [1.54, 1.807) is 0 Å². The molecular formula is C34H30ClN5O3. The maximum atomic E-state index is 13.2. The topological polar surface area (TPSA) is 100 Å². The van der Waals surface area contributed by atoms with Crippen molar-refractivity contribution in [2.24, 2.45) is 0 Å². The van der Waals surface area contributed by atoms with E-state index in [1.165, 1.54) is 24.7 Å². The predicted molar refractivity (Wildman–Crippen MR) is 168 cm³/mol. The Balaban J connectivity index is 1.15. The van der Waals surface area contributed by atoms with Gasteiger partial charge in [0.15, 0.2) is 0 Å². The number of rotatable bonds is 6. The maximum Gasteiger partial charge on any atom is 0.257 e. The molecule has 0 spiro atoms. The van der Waals surface area contributed by atoms with E-state index in [9.17, 15) is 9.59 Å². The fourth-order valence-corrected chi connectivity index (χ4v) is 5.93. The summed E-state index contributed by atoms with van der Waals surface area (Å²) in [6, 6.07) is 21.1. The molecule has 1 saturated heterocycles. The Morgan fingerprint density at radius 3 is 2.53 bits per heavy atom. The number of nitrogens with one attached hydrogen (secondary N) is 2. The zero-order valence-electron chi connectivity index (χ0n) is 23.7. The number of hydrogen-bond acceptors (Lipinski definition) is 5. The third-order valence-electron chi connectivity index (χ3n) is 8.29. The van der Waals surface area contributed by atoms with Gasteiger partial charge in [-0.2, -0.15) is 0 Å². The number of amides is 2. The Hall–Kier alpha value is -4.53. The van der Waals surface area contributed by atoms with E-state index in [0.717, 1.165) is 33.5 Å². The lowest BCUT2D eigenvalue weighted by Gasteiger charge is -2.26. The van der Waals surface area contributed by atoms with Gasteiger partial charge in [-0.25, -0.2) is 9.97 Å². The van der Waals surface area contributed by atoms with E-state index in [4.69, 9.17) is 16.3 Å². The number of anilines is 1. The summed E-state index contributed by atoms with van der Waals surface area (Å²) in [6.07, 6.45) is 3.89. The SMILES string of the molecule is Cc1c(NC(=O)c2ccc(C3CC3)cc2Cl)cccc1-c1ncnc2[nH]c(-c3ccc(C(=O)N4CCOCC4)cc3)cc12. The summed E-state index contributed by atoms with van der Waals surface area (Å²) in [5.41, 5.74) is 8.01. The number of nitrogens with zero attached hydrogens (tertiary/aromatic N) is 3. The quantitative estimate of drug-likeness (QED) is 0.225. The minimum absolute atomic E-state index is 0.0136. The van der Waals surface area contributed by atoms with E-state index in [0.29, 0.717) is 59.7 Å². The molecule has 0 radical (unpaired) electrons. The number of aromatic nitrogens is 3. The first kappa shape index (κ1) is 27.3. The van der Waals surface area contributed by atoms with Crippen molar-refractivity contribution in [2.75, 3.05) is 31.6 Å². The largest absolute Gasteiger partial charge is 0.378 e. The van der Waals surface area contributed by atoms with Crippen LogP contribution in [0.5, 0.6) is 0 Å². The highest BCUT2D eigenvalue weighted by Crippen LogP contribution is 2.41. The Morgan fingerprint density at radius 1 is 1.00 bits per heavy atom. The van der Waals surface area contributed by atoms with Crippen LogP contribution in [0.4, 0.5) is 5.69 Å². The normalized spacial score (nSPS) is 15.1. The van der Waals surface area contributed by atoms with Gasteiger partial charge in [-0.1, -0.05) is 41.9 Å². The molecule has 43 heavy (non-hydrogen) atoms. The van der Waals surface area contributed by atoms with Crippen LogP contribution in [0.3, 0.4) is 0 Å². The van der Waals surface area contributed by atoms with Gasteiger partial charge in [-0.3, -0.25) is 9.59 Å². The summed E-state index contributed by atoms with van der Waals surface area (Å²) < 4.78 is 5.37. The van der Waals surface area contributed by atoms with Crippen LogP contribution in [-0.4, -0.2) is 58.0 Å². The zero-order valence-corrected chi connectivity index (χ0v) is 24.4. The van der Waals surface area contributed by atoms with Crippen LogP contribution >= 0.6 is 11.6 Å². The minimum Gasteiger partial charge on any atom is -0.378 e. The van der Waals surface area contributed by atoms with Crippen molar-refractivity contribution in [1.29, 1.82) is 0 Å². The van der Waals surface area contributed by atoms with Crippen molar-refractivity contribution in [2.45, 2.75) is 25.7 Å². The van der Waals surface area contributed by atoms with E-state index in [1.807, 2.05) is 78.6 Å². The molecule has 0 bridgehead atoms. The smallest absolute Gasteiger partial charge is 0.257 e. The van der Waals surface area contributed by atoms with Gasteiger partial charge < -0.3 is 19.9 Å². The third-order valence-corrected chi connectivity index (χ3v) is 8.60. The van der Waals surface area contributed by atoms with Crippen molar-refractivity contribution in [3.05, 3.63) is 100 Å². The van der Waals surface area contributed by atoms with Crippen LogP contribution in [0.1, 0.15) is 50.6 Å². The number of ether oxygens (including phenoxy) is 1. The van der Waals surface area contributed by atoms with Crippen molar-refractivity contribution >= 4 is 40.1 Å². The highest BCUT2D eigenvalue weighted by atomic mass is 35.5.